The Balaban J connectivity index is 2.50. The van der Waals surface area contributed by atoms with E-state index in [1.54, 1.807) is 18.2 Å². The molecule has 1 rings (SSSR count). The zero-order valence-electron chi connectivity index (χ0n) is 8.24. The Hall–Kier alpha value is -0.930. The number of hydrogen-bond donors (Lipinski definition) is 0. The molecule has 0 aliphatic rings. The molecule has 0 unspecified atom stereocenters. The van der Waals surface area contributed by atoms with Gasteiger partial charge in [-0.05, 0) is 19.1 Å². The first kappa shape index (κ1) is 12.1. The average Bonchev–Trinajstić information content (AvgIpc) is 2.21. The third-order valence-corrected chi connectivity index (χ3v) is 2.34. The van der Waals surface area contributed by atoms with E-state index in [1.807, 2.05) is 6.92 Å². The van der Waals surface area contributed by atoms with Crippen LogP contribution in [0.5, 0.6) is 0 Å². The molecular weight excluding hydrogens is 237 g/mol. The van der Waals surface area contributed by atoms with Gasteiger partial charge in [-0.2, -0.15) is 0 Å². The first-order valence-electron chi connectivity index (χ1n) is 4.44. The van der Waals surface area contributed by atoms with Crippen LogP contribution in [0.1, 0.15) is 12.5 Å². The van der Waals surface area contributed by atoms with Crippen LogP contribution in [-0.4, -0.2) is 13.0 Å². The maximum absolute atomic E-state index is 5.92. The van der Waals surface area contributed by atoms with Crippen LogP contribution in [0.2, 0.25) is 10.0 Å². The SMILES string of the molecule is CCO/C=N/OCc1c(Cl)cccc1Cl. The van der Waals surface area contributed by atoms with Crippen molar-refractivity contribution in [2.75, 3.05) is 6.61 Å². The van der Waals surface area contributed by atoms with E-state index < -0.39 is 0 Å². The van der Waals surface area contributed by atoms with Crippen LogP contribution in [0.3, 0.4) is 0 Å². The summed E-state index contributed by atoms with van der Waals surface area (Å²) in [6.07, 6.45) is 1.24. The number of ether oxygens (including phenoxy) is 1. The van der Waals surface area contributed by atoms with Crippen molar-refractivity contribution in [3.8, 4) is 0 Å². The van der Waals surface area contributed by atoms with Crippen molar-refractivity contribution in [2.24, 2.45) is 5.16 Å². The number of oxime groups is 1. The molecule has 1 aromatic rings. The third-order valence-electron chi connectivity index (χ3n) is 1.63. The molecule has 0 saturated heterocycles. The quantitative estimate of drug-likeness (QED) is 0.453. The summed E-state index contributed by atoms with van der Waals surface area (Å²) >= 11 is 11.8. The molecule has 0 bridgehead atoms. The molecular formula is C10H11Cl2NO2. The van der Waals surface area contributed by atoms with Crippen LogP contribution in [0, 0.1) is 0 Å². The lowest BCUT2D eigenvalue weighted by molar-refractivity contribution is 0.123. The van der Waals surface area contributed by atoms with Gasteiger partial charge in [0.15, 0.2) is 0 Å². The van der Waals surface area contributed by atoms with Gasteiger partial charge in [0.25, 0.3) is 0 Å². The first-order chi connectivity index (χ1) is 7.25. The fraction of sp³-hybridized carbons (Fsp3) is 0.300. The highest BCUT2D eigenvalue weighted by molar-refractivity contribution is 6.35. The van der Waals surface area contributed by atoms with E-state index >= 15 is 0 Å². The molecule has 0 radical (unpaired) electrons. The van der Waals surface area contributed by atoms with Crippen molar-refractivity contribution in [3.05, 3.63) is 33.8 Å². The Morgan fingerprint density at radius 3 is 2.60 bits per heavy atom. The van der Waals surface area contributed by atoms with Crippen LogP contribution in [0.15, 0.2) is 23.4 Å². The van der Waals surface area contributed by atoms with Crippen molar-refractivity contribution in [1.29, 1.82) is 0 Å². The molecule has 0 heterocycles. The lowest BCUT2D eigenvalue weighted by atomic mass is 10.2. The smallest absolute Gasteiger partial charge is 0.212 e. The van der Waals surface area contributed by atoms with E-state index in [4.69, 9.17) is 32.8 Å². The first-order valence-corrected chi connectivity index (χ1v) is 5.19. The molecule has 82 valence electrons. The highest BCUT2D eigenvalue weighted by Gasteiger charge is 2.04. The summed E-state index contributed by atoms with van der Waals surface area (Å²) in [6, 6.07) is 5.27. The van der Waals surface area contributed by atoms with Gasteiger partial charge in [-0.25, -0.2) is 0 Å². The average molecular weight is 248 g/mol. The van der Waals surface area contributed by atoms with Gasteiger partial charge in [-0.15, -0.1) is 0 Å². The van der Waals surface area contributed by atoms with E-state index in [9.17, 15) is 0 Å². The predicted octanol–water partition coefficient (Wildman–Crippen LogP) is 3.49. The van der Waals surface area contributed by atoms with E-state index in [2.05, 4.69) is 5.16 Å². The second-order valence-electron chi connectivity index (χ2n) is 2.64. The fourth-order valence-electron chi connectivity index (χ4n) is 0.907. The number of rotatable bonds is 5. The molecule has 0 aliphatic carbocycles. The molecule has 0 aromatic heterocycles. The van der Waals surface area contributed by atoms with Gasteiger partial charge in [0, 0.05) is 15.6 Å². The number of benzene rings is 1. The van der Waals surface area contributed by atoms with Crippen LogP contribution < -0.4 is 0 Å². The summed E-state index contributed by atoms with van der Waals surface area (Å²) < 4.78 is 4.85. The lowest BCUT2D eigenvalue weighted by Crippen LogP contribution is -1.92. The summed E-state index contributed by atoms with van der Waals surface area (Å²) in [7, 11) is 0. The summed E-state index contributed by atoms with van der Waals surface area (Å²) in [5, 5.41) is 4.70. The van der Waals surface area contributed by atoms with Gasteiger partial charge in [-0.1, -0.05) is 34.4 Å². The van der Waals surface area contributed by atoms with Gasteiger partial charge in [0.1, 0.15) is 6.61 Å². The van der Waals surface area contributed by atoms with Crippen molar-refractivity contribution in [1.82, 2.24) is 0 Å². The highest BCUT2D eigenvalue weighted by atomic mass is 35.5. The number of nitrogens with zero attached hydrogens (tertiary/aromatic N) is 1. The summed E-state index contributed by atoms with van der Waals surface area (Å²) in [5.74, 6) is 0. The summed E-state index contributed by atoms with van der Waals surface area (Å²) in [6.45, 7) is 2.64. The monoisotopic (exact) mass is 247 g/mol. The van der Waals surface area contributed by atoms with E-state index in [0.29, 0.717) is 16.7 Å². The van der Waals surface area contributed by atoms with Gasteiger partial charge >= 0.3 is 0 Å². The molecule has 0 atom stereocenters. The van der Waals surface area contributed by atoms with Crippen molar-refractivity contribution in [3.63, 3.8) is 0 Å². The molecule has 0 spiro atoms. The fourth-order valence-corrected chi connectivity index (χ4v) is 1.41. The standard InChI is InChI=1S/C10H11Cl2NO2/c1-2-14-7-13-15-6-8-9(11)4-3-5-10(8)12/h3-5,7H,2,6H2,1H3/b13-7+. The van der Waals surface area contributed by atoms with Crippen LogP contribution >= 0.6 is 23.2 Å². The lowest BCUT2D eigenvalue weighted by Gasteiger charge is -2.04. The van der Waals surface area contributed by atoms with E-state index in [1.165, 1.54) is 6.40 Å². The molecule has 1 aromatic carbocycles. The molecule has 5 heteroatoms. The Morgan fingerprint density at radius 1 is 1.33 bits per heavy atom. The van der Waals surface area contributed by atoms with Gasteiger partial charge in [0.2, 0.25) is 6.40 Å². The molecule has 15 heavy (non-hydrogen) atoms. The second kappa shape index (κ2) is 6.53. The van der Waals surface area contributed by atoms with Crippen LogP contribution in [-0.2, 0) is 16.2 Å². The van der Waals surface area contributed by atoms with Crippen LogP contribution in [0.4, 0.5) is 0 Å². The van der Waals surface area contributed by atoms with Gasteiger partial charge < -0.3 is 9.57 Å². The highest BCUT2D eigenvalue weighted by Crippen LogP contribution is 2.24. The predicted molar refractivity (Wildman–Crippen MR) is 61.4 cm³/mol. The Morgan fingerprint density at radius 2 is 2.00 bits per heavy atom. The number of hydrogen-bond acceptors (Lipinski definition) is 3. The molecule has 3 nitrogen and oxygen atoms in total. The molecule has 0 fully saturated rings. The molecule has 0 amide bonds. The van der Waals surface area contributed by atoms with Crippen molar-refractivity contribution >= 4 is 29.6 Å². The molecule has 0 aliphatic heterocycles. The summed E-state index contributed by atoms with van der Waals surface area (Å²) in [4.78, 5) is 4.96. The van der Waals surface area contributed by atoms with Gasteiger partial charge in [0.05, 0.1) is 6.61 Å². The zero-order chi connectivity index (χ0) is 11.1. The minimum Gasteiger partial charge on any atom is -0.481 e. The second-order valence-corrected chi connectivity index (χ2v) is 3.45. The Labute approximate surface area is 98.6 Å². The Kier molecular flexibility index (Phi) is 5.29. The topological polar surface area (TPSA) is 30.8 Å². The maximum Gasteiger partial charge on any atom is 0.212 e. The van der Waals surface area contributed by atoms with E-state index in [0.717, 1.165) is 5.56 Å². The minimum absolute atomic E-state index is 0.224. The van der Waals surface area contributed by atoms with E-state index in [-0.39, 0.29) is 6.61 Å². The third kappa shape index (κ3) is 3.98. The largest absolute Gasteiger partial charge is 0.481 e. The minimum atomic E-state index is 0.224. The summed E-state index contributed by atoms with van der Waals surface area (Å²) in [5.41, 5.74) is 0.717. The van der Waals surface area contributed by atoms with Crippen molar-refractivity contribution in [2.45, 2.75) is 13.5 Å². The molecule has 0 N–H and O–H groups in total. The van der Waals surface area contributed by atoms with Gasteiger partial charge in [-0.3, -0.25) is 0 Å². The maximum atomic E-state index is 5.92. The van der Waals surface area contributed by atoms with Crippen molar-refractivity contribution < 1.29 is 9.57 Å². The Bertz CT molecular complexity index is 322. The number of halogens is 2. The van der Waals surface area contributed by atoms with Crippen LogP contribution in [0.25, 0.3) is 0 Å². The normalized spacial score (nSPS) is 10.6. The molecule has 0 saturated carbocycles. The zero-order valence-corrected chi connectivity index (χ0v) is 9.76.